The first-order valence-electron chi connectivity index (χ1n) is 11.7. The highest BCUT2D eigenvalue weighted by molar-refractivity contribution is 6.25. The highest BCUT2D eigenvalue weighted by Crippen LogP contribution is 2.48. The number of fused-ring (bicyclic) bond motifs is 1. The third-order valence-corrected chi connectivity index (χ3v) is 6.53. The largest absolute Gasteiger partial charge is 0.462 e. The van der Waals surface area contributed by atoms with Crippen LogP contribution in [-0.4, -0.2) is 35.4 Å². The second kappa shape index (κ2) is 9.47. The van der Waals surface area contributed by atoms with E-state index in [0.29, 0.717) is 11.3 Å². The highest BCUT2D eigenvalue weighted by atomic mass is 16.7. The van der Waals surface area contributed by atoms with Crippen molar-refractivity contribution in [1.82, 2.24) is 0 Å². The summed E-state index contributed by atoms with van der Waals surface area (Å²) in [6, 6.07) is 18.6. The zero-order valence-corrected chi connectivity index (χ0v) is 20.1. The van der Waals surface area contributed by atoms with Gasteiger partial charge in [-0.25, -0.2) is 14.8 Å². The maximum atomic E-state index is 13.9. The number of esters is 1. The van der Waals surface area contributed by atoms with Crippen LogP contribution in [0.1, 0.15) is 34.5 Å². The molecule has 3 atom stereocenters. The molecule has 2 aliphatic heterocycles. The summed E-state index contributed by atoms with van der Waals surface area (Å²) in [6.07, 6.45) is -1.19. The quantitative estimate of drug-likeness (QED) is 0.214. The molecule has 3 unspecified atom stereocenters. The van der Waals surface area contributed by atoms with Gasteiger partial charge in [0, 0.05) is 12.1 Å². The van der Waals surface area contributed by atoms with Gasteiger partial charge in [0.2, 0.25) is 5.91 Å². The fourth-order valence-electron chi connectivity index (χ4n) is 4.88. The van der Waals surface area contributed by atoms with E-state index in [-0.39, 0.29) is 23.5 Å². The molecule has 3 aromatic rings. The minimum absolute atomic E-state index is 0.0775. The molecule has 37 heavy (non-hydrogen) atoms. The molecule has 0 saturated carbocycles. The number of benzene rings is 3. The van der Waals surface area contributed by atoms with Gasteiger partial charge in [0.25, 0.3) is 11.6 Å². The molecule has 2 heterocycles. The molecule has 188 valence electrons. The molecule has 0 aliphatic carbocycles. The van der Waals surface area contributed by atoms with Crippen LogP contribution in [-0.2, 0) is 19.2 Å². The molecule has 5 rings (SSSR count). The number of nitrogens with zero attached hydrogens (tertiary/aromatic N) is 3. The van der Waals surface area contributed by atoms with E-state index in [1.807, 2.05) is 19.1 Å². The van der Waals surface area contributed by atoms with Crippen molar-refractivity contribution < 1.29 is 28.9 Å². The molecule has 0 bridgehead atoms. The lowest BCUT2D eigenvalue weighted by molar-refractivity contribution is -0.384. The van der Waals surface area contributed by atoms with Crippen LogP contribution >= 0.6 is 0 Å². The van der Waals surface area contributed by atoms with Gasteiger partial charge >= 0.3 is 5.97 Å². The molecule has 2 fully saturated rings. The smallest absolute Gasteiger partial charge is 0.340 e. The zero-order valence-electron chi connectivity index (χ0n) is 20.1. The maximum absolute atomic E-state index is 13.9. The van der Waals surface area contributed by atoms with Gasteiger partial charge in [-0.3, -0.25) is 24.5 Å². The van der Waals surface area contributed by atoms with Crippen LogP contribution in [0.2, 0.25) is 0 Å². The SMILES string of the molecule is CCOC(=O)c1ccccc1N1C(=O)C2ON(c3ccccc3C)C(c3cccc([N+](=O)[O-])c3)C2C1=O. The van der Waals surface area contributed by atoms with Gasteiger partial charge in [-0.1, -0.05) is 42.5 Å². The number of para-hydroxylation sites is 2. The van der Waals surface area contributed by atoms with Gasteiger partial charge in [-0.2, -0.15) is 0 Å². The van der Waals surface area contributed by atoms with E-state index >= 15 is 0 Å². The number of rotatable bonds is 6. The number of amides is 2. The third kappa shape index (κ3) is 4.01. The standard InChI is InChI=1S/C27H23N3O7/c1-3-36-27(33)19-12-5-7-14-21(19)28-25(31)22-23(17-10-8-11-18(15-17)30(34)35)29(37-24(22)26(28)32)20-13-6-4-9-16(20)2/h4-15,22-24H,3H2,1-2H3. The second-order valence-corrected chi connectivity index (χ2v) is 8.71. The topological polar surface area (TPSA) is 119 Å². The average molecular weight is 501 g/mol. The number of imide groups is 1. The lowest BCUT2D eigenvalue weighted by Gasteiger charge is -2.30. The minimum atomic E-state index is -1.19. The van der Waals surface area contributed by atoms with Crippen molar-refractivity contribution >= 4 is 34.8 Å². The predicted molar refractivity (Wildman–Crippen MR) is 133 cm³/mol. The number of hydrogen-bond donors (Lipinski definition) is 0. The summed E-state index contributed by atoms with van der Waals surface area (Å²) in [6.45, 7) is 3.65. The van der Waals surface area contributed by atoms with E-state index in [4.69, 9.17) is 9.57 Å². The van der Waals surface area contributed by atoms with Gasteiger partial charge in [-0.15, -0.1) is 0 Å². The molecule has 3 aromatic carbocycles. The molecule has 2 amide bonds. The van der Waals surface area contributed by atoms with E-state index in [1.54, 1.807) is 37.3 Å². The molecule has 0 N–H and O–H groups in total. The van der Waals surface area contributed by atoms with Crippen molar-refractivity contribution in [3.63, 3.8) is 0 Å². The molecule has 2 aliphatic rings. The van der Waals surface area contributed by atoms with E-state index in [0.717, 1.165) is 10.5 Å². The Balaban J connectivity index is 1.62. The molecule has 0 aromatic heterocycles. The predicted octanol–water partition coefficient (Wildman–Crippen LogP) is 4.13. The van der Waals surface area contributed by atoms with Gasteiger partial charge in [0.05, 0.1) is 34.5 Å². The van der Waals surface area contributed by atoms with Crippen LogP contribution in [0.5, 0.6) is 0 Å². The molecule has 10 nitrogen and oxygen atoms in total. The minimum Gasteiger partial charge on any atom is -0.462 e. The Morgan fingerprint density at radius 3 is 2.41 bits per heavy atom. The van der Waals surface area contributed by atoms with Crippen molar-refractivity contribution in [2.75, 3.05) is 16.6 Å². The van der Waals surface area contributed by atoms with Crippen molar-refractivity contribution in [3.8, 4) is 0 Å². The first-order chi connectivity index (χ1) is 17.8. The van der Waals surface area contributed by atoms with Gasteiger partial charge in [0.15, 0.2) is 6.10 Å². The summed E-state index contributed by atoms with van der Waals surface area (Å²) in [4.78, 5) is 58.2. The zero-order chi connectivity index (χ0) is 26.3. The number of carbonyl (C=O) groups is 3. The van der Waals surface area contributed by atoms with Crippen LogP contribution in [0, 0.1) is 23.0 Å². The average Bonchev–Trinajstić information content (AvgIpc) is 3.40. The second-order valence-electron chi connectivity index (χ2n) is 8.71. The Bertz CT molecular complexity index is 1420. The van der Waals surface area contributed by atoms with Crippen molar-refractivity contribution in [2.45, 2.75) is 26.0 Å². The summed E-state index contributed by atoms with van der Waals surface area (Å²) in [5.74, 6) is -2.87. The highest BCUT2D eigenvalue weighted by Gasteiger charge is 2.61. The summed E-state index contributed by atoms with van der Waals surface area (Å²) in [5, 5.41) is 13.0. The van der Waals surface area contributed by atoms with E-state index < -0.39 is 40.8 Å². The Labute approximate surface area is 212 Å². The van der Waals surface area contributed by atoms with Crippen LogP contribution < -0.4 is 9.96 Å². The van der Waals surface area contributed by atoms with Crippen LogP contribution in [0.3, 0.4) is 0 Å². The van der Waals surface area contributed by atoms with E-state index in [9.17, 15) is 24.5 Å². The fraction of sp³-hybridized carbons (Fsp3) is 0.222. The summed E-state index contributed by atoms with van der Waals surface area (Å²) >= 11 is 0. The van der Waals surface area contributed by atoms with E-state index in [2.05, 4.69) is 0 Å². The number of aryl methyl sites for hydroxylation is 1. The lowest BCUT2D eigenvalue weighted by Crippen LogP contribution is -2.38. The number of hydrogen-bond acceptors (Lipinski definition) is 8. The van der Waals surface area contributed by atoms with Crippen LogP contribution in [0.25, 0.3) is 0 Å². The van der Waals surface area contributed by atoms with Crippen molar-refractivity contribution in [1.29, 1.82) is 0 Å². The first-order valence-corrected chi connectivity index (χ1v) is 11.7. The molecular formula is C27H23N3O7. The van der Waals surface area contributed by atoms with E-state index in [1.165, 1.54) is 35.4 Å². The van der Waals surface area contributed by atoms with Gasteiger partial charge in [0.1, 0.15) is 5.92 Å². The number of nitro groups is 1. The molecule has 2 saturated heterocycles. The Morgan fingerprint density at radius 1 is 1.00 bits per heavy atom. The lowest BCUT2D eigenvalue weighted by atomic mass is 9.90. The monoisotopic (exact) mass is 501 g/mol. The van der Waals surface area contributed by atoms with Crippen LogP contribution in [0.4, 0.5) is 17.1 Å². The number of non-ortho nitro benzene ring substituents is 1. The summed E-state index contributed by atoms with van der Waals surface area (Å²) in [5.41, 5.74) is 1.95. The summed E-state index contributed by atoms with van der Waals surface area (Å²) < 4.78 is 5.12. The normalized spacial score (nSPS) is 20.8. The summed E-state index contributed by atoms with van der Waals surface area (Å²) in [7, 11) is 0. The Kier molecular flexibility index (Phi) is 6.18. The maximum Gasteiger partial charge on any atom is 0.340 e. The van der Waals surface area contributed by atoms with Crippen molar-refractivity contribution in [3.05, 3.63) is 99.6 Å². The number of nitro benzene ring substituents is 1. The Hall–Kier alpha value is -4.57. The van der Waals surface area contributed by atoms with Crippen molar-refractivity contribution in [2.24, 2.45) is 5.92 Å². The number of carbonyl (C=O) groups excluding carboxylic acids is 3. The first kappa shape index (κ1) is 24.1. The van der Waals surface area contributed by atoms with Crippen LogP contribution in [0.15, 0.2) is 72.8 Å². The third-order valence-electron chi connectivity index (χ3n) is 6.53. The van der Waals surface area contributed by atoms with Gasteiger partial charge < -0.3 is 4.74 Å². The Morgan fingerprint density at radius 2 is 1.70 bits per heavy atom. The number of hydroxylamine groups is 1. The number of ether oxygens (including phenoxy) is 1. The molecule has 0 radical (unpaired) electrons. The fourth-order valence-corrected chi connectivity index (χ4v) is 4.88. The molecular weight excluding hydrogens is 478 g/mol. The molecule has 0 spiro atoms. The molecule has 10 heteroatoms. The van der Waals surface area contributed by atoms with Gasteiger partial charge in [-0.05, 0) is 43.2 Å². The number of anilines is 2.